The summed E-state index contributed by atoms with van der Waals surface area (Å²) in [7, 11) is -3.67. The number of nitrogens with two attached hydrogens (primary N) is 2. The van der Waals surface area contributed by atoms with E-state index in [-0.39, 0.29) is 23.8 Å². The summed E-state index contributed by atoms with van der Waals surface area (Å²) in [6.07, 6.45) is 1.31. The van der Waals surface area contributed by atoms with Crippen LogP contribution in [0.15, 0.2) is 23.2 Å². The first-order valence-corrected chi connectivity index (χ1v) is 6.39. The fraction of sp³-hybridized carbons (Fsp3) is 0.250. The molecule has 9 nitrogen and oxygen atoms in total. The fourth-order valence-electron chi connectivity index (χ4n) is 1.11. The van der Waals surface area contributed by atoms with Crippen molar-refractivity contribution in [2.24, 2.45) is 11.6 Å². The number of nitrogens with one attached hydrogen (secondary N) is 3. The van der Waals surface area contributed by atoms with Crippen molar-refractivity contribution in [3.63, 3.8) is 0 Å². The topological polar surface area (TPSA) is 152 Å². The van der Waals surface area contributed by atoms with Crippen molar-refractivity contribution < 1.29 is 13.2 Å². The fourth-order valence-corrected chi connectivity index (χ4v) is 2.16. The number of anilines is 1. The third-order valence-corrected chi connectivity index (χ3v) is 3.36. The Bertz CT molecular complexity index is 517. The second-order valence-electron chi connectivity index (χ2n) is 3.21. The summed E-state index contributed by atoms with van der Waals surface area (Å²) in [6.45, 7) is 0.126. The number of hydrazine groups is 1. The number of nitrogens with zero attached hydrogens (tertiary/aromatic N) is 1. The number of amides is 2. The molecular formula is C8H14N6O3S. The van der Waals surface area contributed by atoms with Gasteiger partial charge >= 0.3 is 6.03 Å². The van der Waals surface area contributed by atoms with Gasteiger partial charge in [-0.2, -0.15) is 0 Å². The highest BCUT2D eigenvalue weighted by Gasteiger charge is 2.13. The molecule has 0 spiro atoms. The molecule has 0 radical (unpaired) electrons. The van der Waals surface area contributed by atoms with Gasteiger partial charge in [0.2, 0.25) is 10.0 Å². The predicted molar refractivity (Wildman–Crippen MR) is 64.8 cm³/mol. The van der Waals surface area contributed by atoms with Gasteiger partial charge in [-0.1, -0.05) is 0 Å². The van der Waals surface area contributed by atoms with Crippen LogP contribution in [0.3, 0.4) is 0 Å². The molecule has 0 unspecified atom stereocenters. The Morgan fingerprint density at radius 3 is 2.72 bits per heavy atom. The van der Waals surface area contributed by atoms with Gasteiger partial charge in [0, 0.05) is 25.4 Å². The maximum atomic E-state index is 11.8. The summed E-state index contributed by atoms with van der Waals surface area (Å²) in [6, 6.07) is 1.89. The Morgan fingerprint density at radius 2 is 2.11 bits per heavy atom. The zero-order valence-electron chi connectivity index (χ0n) is 9.38. The molecule has 18 heavy (non-hydrogen) atoms. The SMILES string of the molecule is NNc1cc(S(=O)(=O)NCCNC(N)=O)ccn1. The maximum absolute atomic E-state index is 11.8. The number of carbonyl (C=O) groups is 1. The molecule has 0 bridgehead atoms. The smallest absolute Gasteiger partial charge is 0.312 e. The Balaban J connectivity index is 2.65. The third-order valence-electron chi connectivity index (χ3n) is 1.91. The summed E-state index contributed by atoms with van der Waals surface area (Å²) in [5.41, 5.74) is 7.08. The number of nitrogen functional groups attached to an aromatic ring is 1. The van der Waals surface area contributed by atoms with Crippen LogP contribution in [0.25, 0.3) is 0 Å². The largest absolute Gasteiger partial charge is 0.352 e. The van der Waals surface area contributed by atoms with E-state index in [4.69, 9.17) is 11.6 Å². The highest BCUT2D eigenvalue weighted by Crippen LogP contribution is 2.11. The zero-order valence-corrected chi connectivity index (χ0v) is 10.2. The van der Waals surface area contributed by atoms with Crippen molar-refractivity contribution in [2.75, 3.05) is 18.5 Å². The van der Waals surface area contributed by atoms with Crippen LogP contribution < -0.4 is 27.0 Å². The molecule has 100 valence electrons. The monoisotopic (exact) mass is 274 g/mol. The average molecular weight is 274 g/mol. The lowest BCUT2D eigenvalue weighted by Gasteiger charge is -2.07. The number of hydrogen-bond acceptors (Lipinski definition) is 6. The highest BCUT2D eigenvalue weighted by atomic mass is 32.2. The van der Waals surface area contributed by atoms with Crippen molar-refractivity contribution in [3.05, 3.63) is 18.3 Å². The van der Waals surface area contributed by atoms with Crippen LogP contribution in [0.5, 0.6) is 0 Å². The van der Waals surface area contributed by atoms with Crippen LogP contribution >= 0.6 is 0 Å². The standard InChI is InChI=1S/C8H14N6O3S/c9-8(15)12-3-4-13-18(16,17)6-1-2-11-7(5-6)14-10/h1-2,5,13H,3-4,10H2,(H,11,14)(H3,9,12,15). The quantitative estimate of drug-likeness (QED) is 0.237. The first-order valence-electron chi connectivity index (χ1n) is 4.91. The third kappa shape index (κ3) is 4.16. The Labute approximate surface area is 104 Å². The molecule has 0 atom stereocenters. The normalized spacial score (nSPS) is 10.9. The van der Waals surface area contributed by atoms with Gasteiger partial charge in [0.1, 0.15) is 5.82 Å². The average Bonchev–Trinajstić information content (AvgIpc) is 2.34. The van der Waals surface area contributed by atoms with Gasteiger partial charge in [-0.25, -0.2) is 28.8 Å². The second kappa shape index (κ2) is 6.14. The van der Waals surface area contributed by atoms with Crippen LogP contribution in [0, 0.1) is 0 Å². The number of aromatic nitrogens is 1. The molecule has 0 saturated carbocycles. The van der Waals surface area contributed by atoms with Crippen molar-refractivity contribution in [1.29, 1.82) is 0 Å². The molecule has 0 aliphatic carbocycles. The Kier molecular flexibility index (Phi) is 4.83. The van der Waals surface area contributed by atoms with Gasteiger partial charge in [0.05, 0.1) is 4.90 Å². The molecule has 0 aromatic carbocycles. The van der Waals surface area contributed by atoms with Gasteiger partial charge in [-0.05, 0) is 6.07 Å². The lowest BCUT2D eigenvalue weighted by molar-refractivity contribution is 0.249. The Hall–Kier alpha value is -1.91. The minimum absolute atomic E-state index is 0.0181. The number of sulfonamides is 1. The van der Waals surface area contributed by atoms with Crippen molar-refractivity contribution in [1.82, 2.24) is 15.0 Å². The molecule has 1 aromatic rings. The molecule has 1 heterocycles. The van der Waals surface area contributed by atoms with E-state index in [0.717, 1.165) is 0 Å². The summed E-state index contributed by atoms with van der Waals surface area (Å²) >= 11 is 0. The number of urea groups is 1. The van der Waals surface area contributed by atoms with Crippen LogP contribution in [-0.2, 0) is 10.0 Å². The first-order chi connectivity index (χ1) is 8.45. The van der Waals surface area contributed by atoms with Gasteiger partial charge in [0.25, 0.3) is 0 Å². The molecule has 0 aliphatic heterocycles. The van der Waals surface area contributed by atoms with Gasteiger partial charge in [-0.15, -0.1) is 0 Å². The molecule has 10 heteroatoms. The van der Waals surface area contributed by atoms with Crippen molar-refractivity contribution in [2.45, 2.75) is 4.90 Å². The van der Waals surface area contributed by atoms with Crippen LogP contribution in [0.4, 0.5) is 10.6 Å². The van der Waals surface area contributed by atoms with Crippen LogP contribution in [0.1, 0.15) is 0 Å². The maximum Gasteiger partial charge on any atom is 0.312 e. The van der Waals surface area contributed by atoms with Crippen LogP contribution in [-0.4, -0.2) is 32.5 Å². The van der Waals surface area contributed by atoms with Crippen LogP contribution in [0.2, 0.25) is 0 Å². The summed E-state index contributed by atoms with van der Waals surface area (Å²) in [5.74, 6) is 5.36. The summed E-state index contributed by atoms with van der Waals surface area (Å²) in [4.78, 5) is 14.2. The molecule has 2 amide bonds. The molecule has 0 aliphatic rings. The van der Waals surface area contributed by atoms with E-state index in [1.807, 2.05) is 0 Å². The van der Waals surface area contributed by atoms with Crippen molar-refractivity contribution in [3.8, 4) is 0 Å². The van der Waals surface area contributed by atoms with Gasteiger partial charge < -0.3 is 16.5 Å². The number of hydrogen-bond donors (Lipinski definition) is 5. The molecule has 1 rings (SSSR count). The summed E-state index contributed by atoms with van der Waals surface area (Å²) in [5, 5.41) is 2.26. The number of carbonyl (C=O) groups excluding carboxylic acids is 1. The van der Waals surface area contributed by atoms with Gasteiger partial charge in [0.15, 0.2) is 0 Å². The molecule has 7 N–H and O–H groups in total. The Morgan fingerprint density at radius 1 is 1.39 bits per heavy atom. The van der Waals surface area contributed by atoms with E-state index < -0.39 is 16.1 Å². The molecule has 0 fully saturated rings. The van der Waals surface area contributed by atoms with E-state index in [1.165, 1.54) is 18.3 Å². The van der Waals surface area contributed by atoms with E-state index in [9.17, 15) is 13.2 Å². The zero-order chi connectivity index (χ0) is 13.6. The lowest BCUT2D eigenvalue weighted by atomic mass is 10.5. The minimum atomic E-state index is -3.67. The molecule has 1 aromatic heterocycles. The summed E-state index contributed by atoms with van der Waals surface area (Å²) < 4.78 is 25.9. The molecular weight excluding hydrogens is 260 g/mol. The number of primary amides is 1. The van der Waals surface area contributed by atoms with Crippen molar-refractivity contribution >= 4 is 21.9 Å². The number of rotatable bonds is 6. The lowest BCUT2D eigenvalue weighted by Crippen LogP contribution is -2.37. The van der Waals surface area contributed by atoms with E-state index in [2.05, 4.69) is 20.4 Å². The van der Waals surface area contributed by atoms with Gasteiger partial charge in [-0.3, -0.25) is 0 Å². The van der Waals surface area contributed by atoms with E-state index in [1.54, 1.807) is 0 Å². The predicted octanol–water partition coefficient (Wildman–Crippen LogP) is -1.69. The molecule has 0 saturated heterocycles. The second-order valence-corrected chi connectivity index (χ2v) is 4.98. The van der Waals surface area contributed by atoms with E-state index >= 15 is 0 Å². The number of pyridine rings is 1. The minimum Gasteiger partial charge on any atom is -0.352 e. The highest BCUT2D eigenvalue weighted by molar-refractivity contribution is 7.89. The first kappa shape index (κ1) is 14.2. The van der Waals surface area contributed by atoms with E-state index in [0.29, 0.717) is 0 Å².